The fourth-order valence-corrected chi connectivity index (χ4v) is 2.78. The molecule has 1 aromatic carbocycles. The standard InChI is InChI=1S/C16H22O/c1-3-12-5-8-14(9-6-12)15-10-7-13(4-2)11-16(15)17/h5-6,8-9,13,15H,3-4,7,10-11H2,1-2H3. The highest BCUT2D eigenvalue weighted by atomic mass is 16.1. The summed E-state index contributed by atoms with van der Waals surface area (Å²) in [6.45, 7) is 4.35. The number of hydrogen-bond acceptors (Lipinski definition) is 1. The van der Waals surface area contributed by atoms with Crippen LogP contribution in [0.25, 0.3) is 0 Å². The normalized spacial score (nSPS) is 24.9. The number of rotatable bonds is 3. The molecule has 1 nitrogen and oxygen atoms in total. The molecule has 1 heteroatoms. The van der Waals surface area contributed by atoms with Gasteiger partial charge in [-0.15, -0.1) is 0 Å². The van der Waals surface area contributed by atoms with Crippen molar-refractivity contribution in [2.24, 2.45) is 5.92 Å². The Morgan fingerprint density at radius 3 is 2.35 bits per heavy atom. The Hall–Kier alpha value is -1.11. The van der Waals surface area contributed by atoms with Crippen molar-refractivity contribution in [3.63, 3.8) is 0 Å². The summed E-state index contributed by atoms with van der Waals surface area (Å²) < 4.78 is 0. The third kappa shape index (κ3) is 2.77. The first-order chi connectivity index (χ1) is 8.24. The van der Waals surface area contributed by atoms with Gasteiger partial charge in [0.2, 0.25) is 0 Å². The topological polar surface area (TPSA) is 17.1 Å². The summed E-state index contributed by atoms with van der Waals surface area (Å²) in [5.74, 6) is 1.25. The Morgan fingerprint density at radius 2 is 1.82 bits per heavy atom. The Bertz CT molecular complexity index is 377. The van der Waals surface area contributed by atoms with Gasteiger partial charge in [0.05, 0.1) is 0 Å². The summed E-state index contributed by atoms with van der Waals surface area (Å²) in [6.07, 6.45) is 5.26. The molecule has 0 N–H and O–H groups in total. The number of carbonyl (C=O) groups is 1. The molecular weight excluding hydrogens is 208 g/mol. The van der Waals surface area contributed by atoms with Crippen molar-refractivity contribution in [3.05, 3.63) is 35.4 Å². The minimum atomic E-state index is 0.170. The lowest BCUT2D eigenvalue weighted by molar-refractivity contribution is -0.123. The molecule has 17 heavy (non-hydrogen) atoms. The Labute approximate surface area is 104 Å². The zero-order valence-corrected chi connectivity index (χ0v) is 10.9. The third-order valence-electron chi connectivity index (χ3n) is 4.11. The van der Waals surface area contributed by atoms with E-state index in [2.05, 4.69) is 38.1 Å². The Morgan fingerprint density at radius 1 is 1.12 bits per heavy atom. The van der Waals surface area contributed by atoms with Gasteiger partial charge in [-0.1, -0.05) is 44.5 Å². The van der Waals surface area contributed by atoms with Gasteiger partial charge in [0.15, 0.2) is 0 Å². The van der Waals surface area contributed by atoms with E-state index in [9.17, 15) is 4.79 Å². The molecule has 2 atom stereocenters. The molecule has 2 unspecified atom stereocenters. The van der Waals surface area contributed by atoms with Gasteiger partial charge in [-0.2, -0.15) is 0 Å². The Balaban J connectivity index is 2.09. The summed E-state index contributed by atoms with van der Waals surface area (Å²) in [4.78, 5) is 12.1. The van der Waals surface area contributed by atoms with Gasteiger partial charge >= 0.3 is 0 Å². The molecule has 0 aromatic heterocycles. The average Bonchev–Trinajstić information content (AvgIpc) is 2.39. The molecular formula is C16H22O. The van der Waals surface area contributed by atoms with E-state index in [1.54, 1.807) is 0 Å². The molecule has 0 amide bonds. The van der Waals surface area contributed by atoms with Crippen molar-refractivity contribution in [1.29, 1.82) is 0 Å². The molecule has 0 bridgehead atoms. The maximum atomic E-state index is 12.1. The van der Waals surface area contributed by atoms with Gasteiger partial charge in [0.25, 0.3) is 0 Å². The van der Waals surface area contributed by atoms with E-state index in [4.69, 9.17) is 0 Å². The predicted molar refractivity (Wildman–Crippen MR) is 71.2 cm³/mol. The van der Waals surface area contributed by atoms with Crippen molar-refractivity contribution in [2.75, 3.05) is 0 Å². The van der Waals surface area contributed by atoms with Crippen LogP contribution in [0.1, 0.15) is 56.6 Å². The summed E-state index contributed by atoms with van der Waals surface area (Å²) in [6, 6.07) is 8.62. The summed E-state index contributed by atoms with van der Waals surface area (Å²) in [5, 5.41) is 0. The molecule has 2 rings (SSSR count). The van der Waals surface area contributed by atoms with Crippen molar-refractivity contribution in [1.82, 2.24) is 0 Å². The van der Waals surface area contributed by atoms with Crippen molar-refractivity contribution in [3.8, 4) is 0 Å². The first-order valence-corrected chi connectivity index (χ1v) is 6.86. The summed E-state index contributed by atoms with van der Waals surface area (Å²) >= 11 is 0. The van der Waals surface area contributed by atoms with E-state index in [0.717, 1.165) is 25.7 Å². The molecule has 1 saturated carbocycles. The number of carbonyl (C=O) groups excluding carboxylic acids is 1. The minimum absolute atomic E-state index is 0.170. The largest absolute Gasteiger partial charge is 0.299 e. The number of hydrogen-bond donors (Lipinski definition) is 0. The zero-order valence-electron chi connectivity index (χ0n) is 10.9. The van der Waals surface area contributed by atoms with Gasteiger partial charge in [0, 0.05) is 12.3 Å². The highest BCUT2D eigenvalue weighted by molar-refractivity contribution is 5.86. The van der Waals surface area contributed by atoms with Gasteiger partial charge in [-0.05, 0) is 36.3 Å². The molecule has 1 aromatic rings. The van der Waals surface area contributed by atoms with Crippen LogP contribution >= 0.6 is 0 Å². The van der Waals surface area contributed by atoms with Crippen LogP contribution in [0.3, 0.4) is 0 Å². The van der Waals surface area contributed by atoms with E-state index in [1.165, 1.54) is 17.5 Å². The van der Waals surface area contributed by atoms with Crippen LogP contribution in [0.15, 0.2) is 24.3 Å². The SMILES string of the molecule is CCc1ccc(C2CCC(CC)CC2=O)cc1. The van der Waals surface area contributed by atoms with E-state index >= 15 is 0 Å². The molecule has 0 saturated heterocycles. The summed E-state index contributed by atoms with van der Waals surface area (Å²) in [5.41, 5.74) is 2.57. The van der Waals surface area contributed by atoms with Crippen LogP contribution < -0.4 is 0 Å². The lowest BCUT2D eigenvalue weighted by Gasteiger charge is -2.27. The first kappa shape index (κ1) is 12.3. The Kier molecular flexibility index (Phi) is 3.98. The van der Waals surface area contributed by atoms with E-state index in [1.807, 2.05) is 0 Å². The molecule has 0 radical (unpaired) electrons. The van der Waals surface area contributed by atoms with E-state index in [0.29, 0.717) is 11.7 Å². The van der Waals surface area contributed by atoms with Gasteiger partial charge in [0.1, 0.15) is 5.78 Å². The van der Waals surface area contributed by atoms with Crippen molar-refractivity contribution >= 4 is 5.78 Å². The predicted octanol–water partition coefficient (Wildman–Crippen LogP) is 4.11. The van der Waals surface area contributed by atoms with Gasteiger partial charge < -0.3 is 0 Å². The van der Waals surface area contributed by atoms with E-state index in [-0.39, 0.29) is 5.92 Å². The number of aryl methyl sites for hydroxylation is 1. The zero-order chi connectivity index (χ0) is 12.3. The second kappa shape index (κ2) is 5.48. The molecule has 0 heterocycles. The maximum absolute atomic E-state index is 12.1. The van der Waals surface area contributed by atoms with Crippen LogP contribution in [0.5, 0.6) is 0 Å². The lowest BCUT2D eigenvalue weighted by Crippen LogP contribution is -2.23. The number of Topliss-reactive ketones (excluding diaryl/α,β-unsaturated/α-hetero) is 1. The first-order valence-electron chi connectivity index (χ1n) is 6.86. The highest BCUT2D eigenvalue weighted by Crippen LogP contribution is 2.34. The van der Waals surface area contributed by atoms with Gasteiger partial charge in [-0.3, -0.25) is 4.79 Å². The fraction of sp³-hybridized carbons (Fsp3) is 0.562. The maximum Gasteiger partial charge on any atom is 0.140 e. The molecule has 1 aliphatic carbocycles. The molecule has 0 spiro atoms. The smallest absolute Gasteiger partial charge is 0.140 e. The quantitative estimate of drug-likeness (QED) is 0.763. The minimum Gasteiger partial charge on any atom is -0.299 e. The highest BCUT2D eigenvalue weighted by Gasteiger charge is 2.28. The van der Waals surface area contributed by atoms with Crippen LogP contribution in [-0.4, -0.2) is 5.78 Å². The van der Waals surface area contributed by atoms with Crippen LogP contribution in [-0.2, 0) is 11.2 Å². The van der Waals surface area contributed by atoms with Crippen LogP contribution in [0.2, 0.25) is 0 Å². The van der Waals surface area contributed by atoms with Crippen molar-refractivity contribution in [2.45, 2.75) is 51.9 Å². The summed E-state index contributed by atoms with van der Waals surface area (Å²) in [7, 11) is 0. The van der Waals surface area contributed by atoms with E-state index < -0.39 is 0 Å². The molecule has 1 fully saturated rings. The monoisotopic (exact) mass is 230 g/mol. The fourth-order valence-electron chi connectivity index (χ4n) is 2.78. The number of ketones is 1. The lowest BCUT2D eigenvalue weighted by atomic mass is 9.77. The second-order valence-electron chi connectivity index (χ2n) is 5.17. The third-order valence-corrected chi connectivity index (χ3v) is 4.11. The van der Waals surface area contributed by atoms with Gasteiger partial charge in [-0.25, -0.2) is 0 Å². The van der Waals surface area contributed by atoms with Crippen LogP contribution in [0.4, 0.5) is 0 Å². The van der Waals surface area contributed by atoms with Crippen LogP contribution in [0, 0.1) is 5.92 Å². The molecule has 0 aliphatic heterocycles. The second-order valence-corrected chi connectivity index (χ2v) is 5.17. The molecule has 92 valence electrons. The number of benzene rings is 1. The average molecular weight is 230 g/mol. The molecule has 1 aliphatic rings. The van der Waals surface area contributed by atoms with Crippen molar-refractivity contribution < 1.29 is 4.79 Å².